The van der Waals surface area contributed by atoms with Crippen molar-refractivity contribution in [3.63, 3.8) is 0 Å². The van der Waals surface area contributed by atoms with Crippen molar-refractivity contribution in [2.75, 3.05) is 13.1 Å². The first-order valence-corrected chi connectivity index (χ1v) is 7.71. The van der Waals surface area contributed by atoms with E-state index in [0.29, 0.717) is 6.42 Å². The van der Waals surface area contributed by atoms with Crippen LogP contribution in [0.15, 0.2) is 0 Å². The Hall–Kier alpha value is -0.130. The fourth-order valence-corrected chi connectivity index (χ4v) is 2.84. The summed E-state index contributed by atoms with van der Waals surface area (Å²) in [5.74, 6) is 0. The van der Waals surface area contributed by atoms with Gasteiger partial charge in [0.2, 0.25) is 0 Å². The summed E-state index contributed by atoms with van der Waals surface area (Å²) in [7, 11) is -3.41. The fourth-order valence-electron chi connectivity index (χ4n) is 1.80. The number of hydroxylamine groups is 2. The van der Waals surface area contributed by atoms with Crippen molar-refractivity contribution in [2.24, 2.45) is 0 Å². The van der Waals surface area contributed by atoms with Crippen LogP contribution in [0.25, 0.3) is 0 Å². The third kappa shape index (κ3) is 4.39. The molecular formula is C11H23NO3S. The SMILES string of the molecule is CCCCC(C)S(=O)(=O)ON1CCCCC1. The van der Waals surface area contributed by atoms with E-state index in [1.54, 1.807) is 12.0 Å². The van der Waals surface area contributed by atoms with Crippen molar-refractivity contribution in [1.82, 2.24) is 5.06 Å². The molecule has 1 unspecified atom stereocenters. The van der Waals surface area contributed by atoms with Crippen molar-refractivity contribution < 1.29 is 12.7 Å². The lowest BCUT2D eigenvalue weighted by Gasteiger charge is -2.26. The number of rotatable bonds is 6. The Balaban J connectivity index is 2.42. The van der Waals surface area contributed by atoms with Gasteiger partial charge in [0.15, 0.2) is 0 Å². The lowest BCUT2D eigenvalue weighted by atomic mass is 10.2. The minimum Gasteiger partial charge on any atom is -0.198 e. The molecule has 1 heterocycles. The Kier molecular flexibility index (Phi) is 5.72. The van der Waals surface area contributed by atoms with Crippen LogP contribution in [0.5, 0.6) is 0 Å². The Morgan fingerprint density at radius 2 is 1.88 bits per heavy atom. The zero-order valence-electron chi connectivity index (χ0n) is 10.3. The van der Waals surface area contributed by atoms with E-state index in [1.807, 2.05) is 0 Å². The second kappa shape index (κ2) is 6.57. The van der Waals surface area contributed by atoms with Gasteiger partial charge >= 0.3 is 0 Å². The summed E-state index contributed by atoms with van der Waals surface area (Å²) < 4.78 is 28.8. The van der Waals surface area contributed by atoms with E-state index in [4.69, 9.17) is 4.28 Å². The summed E-state index contributed by atoms with van der Waals surface area (Å²) in [5, 5.41) is 1.20. The minimum atomic E-state index is -3.41. The summed E-state index contributed by atoms with van der Waals surface area (Å²) in [6.07, 6.45) is 5.86. The van der Waals surface area contributed by atoms with Gasteiger partial charge in [-0.3, -0.25) is 0 Å². The molecule has 0 saturated carbocycles. The molecule has 4 nitrogen and oxygen atoms in total. The van der Waals surface area contributed by atoms with E-state index in [9.17, 15) is 8.42 Å². The van der Waals surface area contributed by atoms with Crippen LogP contribution in [0.4, 0.5) is 0 Å². The predicted octanol–water partition coefficient (Wildman–Crippen LogP) is 2.31. The molecule has 96 valence electrons. The Bertz CT molecular complexity index is 284. The van der Waals surface area contributed by atoms with Gasteiger partial charge in [-0.2, -0.15) is 17.8 Å². The van der Waals surface area contributed by atoms with Crippen LogP contribution in [-0.4, -0.2) is 31.8 Å². The van der Waals surface area contributed by atoms with Crippen LogP contribution in [0, 0.1) is 0 Å². The first-order chi connectivity index (χ1) is 7.56. The van der Waals surface area contributed by atoms with Crippen molar-refractivity contribution in [3.05, 3.63) is 0 Å². The van der Waals surface area contributed by atoms with Crippen LogP contribution in [-0.2, 0) is 14.4 Å². The molecule has 0 aromatic rings. The van der Waals surface area contributed by atoms with Crippen LogP contribution in [0.1, 0.15) is 52.4 Å². The quantitative estimate of drug-likeness (QED) is 0.724. The highest BCUT2D eigenvalue weighted by Crippen LogP contribution is 2.16. The number of hydrogen-bond acceptors (Lipinski definition) is 4. The van der Waals surface area contributed by atoms with Crippen LogP contribution in [0.2, 0.25) is 0 Å². The van der Waals surface area contributed by atoms with Crippen LogP contribution in [0.3, 0.4) is 0 Å². The molecule has 0 aromatic heterocycles. The van der Waals surface area contributed by atoms with E-state index in [1.165, 1.54) is 6.42 Å². The van der Waals surface area contributed by atoms with Gasteiger partial charge in [0.05, 0.1) is 5.25 Å². The molecule has 0 aliphatic carbocycles. The van der Waals surface area contributed by atoms with Crippen LogP contribution < -0.4 is 0 Å². The largest absolute Gasteiger partial charge is 0.286 e. The van der Waals surface area contributed by atoms with Gasteiger partial charge in [0.1, 0.15) is 0 Å². The summed E-state index contributed by atoms with van der Waals surface area (Å²) >= 11 is 0. The Labute approximate surface area is 99.0 Å². The summed E-state index contributed by atoms with van der Waals surface area (Å²) in [6.45, 7) is 5.26. The highest BCUT2D eigenvalue weighted by Gasteiger charge is 2.25. The number of hydrogen-bond donors (Lipinski definition) is 0. The molecule has 1 fully saturated rings. The van der Waals surface area contributed by atoms with E-state index < -0.39 is 15.4 Å². The number of unbranched alkanes of at least 4 members (excludes halogenated alkanes) is 1. The zero-order valence-corrected chi connectivity index (χ0v) is 11.1. The molecule has 0 radical (unpaired) electrons. The second-order valence-electron chi connectivity index (χ2n) is 4.51. The number of piperidine rings is 1. The zero-order chi connectivity index (χ0) is 12.0. The topological polar surface area (TPSA) is 46.6 Å². The van der Waals surface area contributed by atoms with Gasteiger partial charge in [0, 0.05) is 13.1 Å². The van der Waals surface area contributed by atoms with Gasteiger partial charge in [-0.15, -0.1) is 0 Å². The molecule has 0 amide bonds. The molecule has 16 heavy (non-hydrogen) atoms. The van der Waals surface area contributed by atoms with Gasteiger partial charge < -0.3 is 0 Å². The highest BCUT2D eigenvalue weighted by molar-refractivity contribution is 7.87. The molecule has 5 heteroatoms. The standard InChI is InChI=1S/C11H23NO3S/c1-3-4-8-11(2)16(13,14)15-12-9-6-5-7-10-12/h11H,3-10H2,1-2H3. The third-order valence-corrected chi connectivity index (χ3v) is 4.62. The minimum absolute atomic E-state index is 0.394. The molecule has 0 aromatic carbocycles. The first kappa shape index (κ1) is 13.9. The van der Waals surface area contributed by atoms with E-state index in [2.05, 4.69) is 6.92 Å². The molecule has 0 bridgehead atoms. The summed E-state index contributed by atoms with van der Waals surface area (Å²) in [4.78, 5) is 0. The van der Waals surface area contributed by atoms with E-state index in [0.717, 1.165) is 38.8 Å². The maximum absolute atomic E-state index is 11.8. The molecule has 0 spiro atoms. The second-order valence-corrected chi connectivity index (χ2v) is 6.45. The Morgan fingerprint density at radius 3 is 2.44 bits per heavy atom. The van der Waals surface area contributed by atoms with E-state index >= 15 is 0 Å². The van der Waals surface area contributed by atoms with Gasteiger partial charge in [-0.05, 0) is 26.2 Å². The van der Waals surface area contributed by atoms with Crippen molar-refractivity contribution in [1.29, 1.82) is 0 Å². The molecule has 1 atom stereocenters. The maximum Gasteiger partial charge on any atom is 0.286 e. The normalized spacial score (nSPS) is 20.9. The molecule has 1 rings (SSSR count). The lowest BCUT2D eigenvalue weighted by Crippen LogP contribution is -2.35. The molecule has 1 saturated heterocycles. The lowest BCUT2D eigenvalue weighted by molar-refractivity contribution is -0.0664. The molecule has 1 aliphatic heterocycles. The van der Waals surface area contributed by atoms with Crippen LogP contribution >= 0.6 is 0 Å². The molecule has 1 aliphatic rings. The predicted molar refractivity (Wildman–Crippen MR) is 64.4 cm³/mol. The highest BCUT2D eigenvalue weighted by atomic mass is 32.2. The van der Waals surface area contributed by atoms with Crippen molar-refractivity contribution in [3.8, 4) is 0 Å². The van der Waals surface area contributed by atoms with Gasteiger partial charge in [-0.1, -0.05) is 26.2 Å². The molecular weight excluding hydrogens is 226 g/mol. The van der Waals surface area contributed by atoms with Gasteiger partial charge in [0.25, 0.3) is 10.1 Å². The monoisotopic (exact) mass is 249 g/mol. The molecule has 0 N–H and O–H groups in total. The third-order valence-electron chi connectivity index (χ3n) is 2.98. The smallest absolute Gasteiger partial charge is 0.198 e. The van der Waals surface area contributed by atoms with Crippen molar-refractivity contribution >= 4 is 10.1 Å². The fraction of sp³-hybridized carbons (Fsp3) is 1.00. The van der Waals surface area contributed by atoms with E-state index in [-0.39, 0.29) is 0 Å². The average molecular weight is 249 g/mol. The van der Waals surface area contributed by atoms with Crippen molar-refractivity contribution in [2.45, 2.75) is 57.6 Å². The summed E-state index contributed by atoms with van der Waals surface area (Å²) in [6, 6.07) is 0. The Morgan fingerprint density at radius 1 is 1.25 bits per heavy atom. The summed E-state index contributed by atoms with van der Waals surface area (Å²) in [5.41, 5.74) is 0. The number of nitrogens with zero attached hydrogens (tertiary/aromatic N) is 1. The van der Waals surface area contributed by atoms with Gasteiger partial charge in [-0.25, -0.2) is 0 Å². The average Bonchev–Trinajstić information content (AvgIpc) is 2.26. The maximum atomic E-state index is 11.8. The first-order valence-electron chi connectivity index (χ1n) is 6.24.